The molecule has 0 unspecified atom stereocenters. The van der Waals surface area contributed by atoms with Gasteiger partial charge in [0.25, 0.3) is 5.69 Å². The first-order chi connectivity index (χ1) is 12.1. The molecule has 0 saturated carbocycles. The van der Waals surface area contributed by atoms with Crippen molar-refractivity contribution in [3.63, 3.8) is 0 Å². The number of non-ortho nitro benzene ring substituents is 1. The first-order valence-corrected chi connectivity index (χ1v) is 8.48. The molecule has 1 amide bonds. The Morgan fingerprint density at radius 1 is 1.04 bits per heavy atom. The number of fused-ring (bicyclic) bond motifs is 2. The summed E-state index contributed by atoms with van der Waals surface area (Å²) < 4.78 is 0. The standard InChI is InChI=1S/C19H19N3O3/c23-19(13-20-9-7-14-3-1-2-4-16(14)12-20)21-10-8-15-5-6-17(22(24)25)11-18(15)21/h1-6,11H,7-10,12-13H2. The second kappa shape index (κ2) is 6.29. The van der Waals surface area contributed by atoms with Crippen LogP contribution in [0.5, 0.6) is 0 Å². The summed E-state index contributed by atoms with van der Waals surface area (Å²) in [5, 5.41) is 11.0. The molecule has 2 aromatic carbocycles. The number of benzene rings is 2. The first kappa shape index (κ1) is 15.8. The number of anilines is 1. The molecule has 128 valence electrons. The lowest BCUT2D eigenvalue weighted by Crippen LogP contribution is -2.41. The maximum atomic E-state index is 12.8. The van der Waals surface area contributed by atoms with Crippen LogP contribution < -0.4 is 4.90 Å². The fourth-order valence-electron chi connectivity index (χ4n) is 3.71. The van der Waals surface area contributed by atoms with Crippen molar-refractivity contribution < 1.29 is 9.72 Å². The van der Waals surface area contributed by atoms with Gasteiger partial charge in [-0.15, -0.1) is 0 Å². The number of carbonyl (C=O) groups excluding carboxylic acids is 1. The van der Waals surface area contributed by atoms with Crippen LogP contribution in [0.1, 0.15) is 16.7 Å². The highest BCUT2D eigenvalue weighted by molar-refractivity contribution is 5.97. The highest BCUT2D eigenvalue weighted by Gasteiger charge is 2.28. The van der Waals surface area contributed by atoms with E-state index in [1.807, 2.05) is 12.1 Å². The predicted octanol–water partition coefficient (Wildman–Crippen LogP) is 2.54. The second-order valence-corrected chi connectivity index (χ2v) is 6.59. The average Bonchev–Trinajstić information content (AvgIpc) is 3.04. The van der Waals surface area contributed by atoms with Crippen LogP contribution in [0.2, 0.25) is 0 Å². The number of rotatable bonds is 3. The lowest BCUT2D eigenvalue weighted by atomic mass is 10.00. The summed E-state index contributed by atoms with van der Waals surface area (Å²) in [6, 6.07) is 13.1. The lowest BCUT2D eigenvalue weighted by Gasteiger charge is -2.29. The topological polar surface area (TPSA) is 66.7 Å². The molecule has 4 rings (SSSR count). The molecular weight excluding hydrogens is 318 g/mol. The molecule has 0 aromatic heterocycles. The van der Waals surface area contributed by atoms with E-state index in [1.165, 1.54) is 23.3 Å². The number of nitrogens with zero attached hydrogens (tertiary/aromatic N) is 3. The van der Waals surface area contributed by atoms with E-state index in [0.717, 1.165) is 31.5 Å². The Bertz CT molecular complexity index is 850. The molecule has 0 aliphatic carbocycles. The predicted molar refractivity (Wildman–Crippen MR) is 94.6 cm³/mol. The second-order valence-electron chi connectivity index (χ2n) is 6.59. The van der Waals surface area contributed by atoms with Gasteiger partial charge < -0.3 is 4.90 Å². The van der Waals surface area contributed by atoms with Gasteiger partial charge in [0.1, 0.15) is 0 Å². The maximum Gasteiger partial charge on any atom is 0.271 e. The van der Waals surface area contributed by atoms with Crippen molar-refractivity contribution >= 4 is 17.3 Å². The number of nitro benzene ring substituents is 1. The third-order valence-corrected chi connectivity index (χ3v) is 5.04. The summed E-state index contributed by atoms with van der Waals surface area (Å²) in [6.07, 6.45) is 1.70. The molecule has 2 aliphatic heterocycles. The summed E-state index contributed by atoms with van der Waals surface area (Å²) in [4.78, 5) is 27.2. The zero-order chi connectivity index (χ0) is 17.4. The van der Waals surface area contributed by atoms with Crippen molar-refractivity contribution in [1.29, 1.82) is 0 Å². The normalized spacial score (nSPS) is 16.4. The van der Waals surface area contributed by atoms with E-state index in [1.54, 1.807) is 11.0 Å². The van der Waals surface area contributed by atoms with Crippen molar-refractivity contribution in [2.24, 2.45) is 0 Å². The molecule has 0 spiro atoms. The van der Waals surface area contributed by atoms with E-state index in [-0.39, 0.29) is 11.6 Å². The quantitative estimate of drug-likeness (QED) is 0.638. The fourth-order valence-corrected chi connectivity index (χ4v) is 3.71. The molecule has 0 radical (unpaired) electrons. The van der Waals surface area contributed by atoms with Crippen LogP contribution in [-0.2, 0) is 24.2 Å². The summed E-state index contributed by atoms with van der Waals surface area (Å²) >= 11 is 0. The van der Waals surface area contributed by atoms with Crippen LogP contribution in [0.3, 0.4) is 0 Å². The van der Waals surface area contributed by atoms with Gasteiger partial charge in [-0.1, -0.05) is 30.3 Å². The number of nitro groups is 1. The number of hydrogen-bond acceptors (Lipinski definition) is 4. The Morgan fingerprint density at radius 3 is 2.60 bits per heavy atom. The van der Waals surface area contributed by atoms with Gasteiger partial charge >= 0.3 is 0 Å². The Balaban J connectivity index is 1.49. The van der Waals surface area contributed by atoms with E-state index in [0.29, 0.717) is 18.8 Å². The van der Waals surface area contributed by atoms with E-state index in [9.17, 15) is 14.9 Å². The Hall–Kier alpha value is -2.73. The molecule has 0 atom stereocenters. The molecule has 25 heavy (non-hydrogen) atoms. The molecule has 2 heterocycles. The molecular formula is C19H19N3O3. The molecule has 6 heteroatoms. The molecule has 0 N–H and O–H groups in total. The Kier molecular flexibility index (Phi) is 3.97. The molecule has 0 bridgehead atoms. The molecule has 2 aliphatic rings. The minimum atomic E-state index is -0.414. The van der Waals surface area contributed by atoms with Gasteiger partial charge in [0.2, 0.25) is 5.91 Å². The van der Waals surface area contributed by atoms with Crippen LogP contribution in [0, 0.1) is 10.1 Å². The zero-order valence-corrected chi connectivity index (χ0v) is 13.9. The SMILES string of the molecule is O=C(CN1CCc2ccccc2C1)N1CCc2ccc([N+](=O)[O-])cc21. The number of carbonyl (C=O) groups is 1. The maximum absolute atomic E-state index is 12.8. The van der Waals surface area contributed by atoms with E-state index in [4.69, 9.17) is 0 Å². The Morgan fingerprint density at radius 2 is 1.80 bits per heavy atom. The highest BCUT2D eigenvalue weighted by atomic mass is 16.6. The van der Waals surface area contributed by atoms with Gasteiger partial charge in [-0.3, -0.25) is 19.8 Å². The highest BCUT2D eigenvalue weighted by Crippen LogP contribution is 2.32. The minimum absolute atomic E-state index is 0.0126. The molecule has 2 aromatic rings. The largest absolute Gasteiger partial charge is 0.310 e. The summed E-state index contributed by atoms with van der Waals surface area (Å²) in [6.45, 7) is 2.58. The van der Waals surface area contributed by atoms with Gasteiger partial charge in [0.05, 0.1) is 17.2 Å². The van der Waals surface area contributed by atoms with E-state index >= 15 is 0 Å². The van der Waals surface area contributed by atoms with E-state index in [2.05, 4.69) is 17.0 Å². The van der Waals surface area contributed by atoms with Gasteiger partial charge in [-0.05, 0) is 29.5 Å². The smallest absolute Gasteiger partial charge is 0.271 e. The summed E-state index contributed by atoms with van der Waals surface area (Å²) in [5.41, 5.74) is 4.36. The van der Waals surface area contributed by atoms with Crippen LogP contribution in [0.15, 0.2) is 42.5 Å². The van der Waals surface area contributed by atoms with Gasteiger partial charge in [0.15, 0.2) is 0 Å². The van der Waals surface area contributed by atoms with Crippen LogP contribution in [0.25, 0.3) is 0 Å². The van der Waals surface area contributed by atoms with Crippen molar-refractivity contribution in [3.8, 4) is 0 Å². The monoisotopic (exact) mass is 337 g/mol. The van der Waals surface area contributed by atoms with Crippen molar-refractivity contribution in [2.75, 3.05) is 24.5 Å². The molecule has 0 fully saturated rings. The minimum Gasteiger partial charge on any atom is -0.310 e. The van der Waals surface area contributed by atoms with Crippen LogP contribution in [-0.4, -0.2) is 35.4 Å². The Labute approximate surface area is 145 Å². The summed E-state index contributed by atoms with van der Waals surface area (Å²) in [7, 11) is 0. The first-order valence-electron chi connectivity index (χ1n) is 8.48. The summed E-state index contributed by atoms with van der Waals surface area (Å²) in [5.74, 6) is 0.0126. The number of amides is 1. The lowest BCUT2D eigenvalue weighted by molar-refractivity contribution is -0.384. The molecule has 6 nitrogen and oxygen atoms in total. The zero-order valence-electron chi connectivity index (χ0n) is 13.9. The van der Waals surface area contributed by atoms with Gasteiger partial charge in [-0.2, -0.15) is 0 Å². The van der Waals surface area contributed by atoms with Crippen molar-refractivity contribution in [2.45, 2.75) is 19.4 Å². The molecule has 0 saturated heterocycles. The van der Waals surface area contributed by atoms with Crippen LogP contribution in [0.4, 0.5) is 11.4 Å². The van der Waals surface area contributed by atoms with Crippen molar-refractivity contribution in [1.82, 2.24) is 4.90 Å². The average molecular weight is 337 g/mol. The third-order valence-electron chi connectivity index (χ3n) is 5.04. The fraction of sp³-hybridized carbons (Fsp3) is 0.316. The van der Waals surface area contributed by atoms with Gasteiger partial charge in [0, 0.05) is 31.8 Å². The van der Waals surface area contributed by atoms with E-state index < -0.39 is 4.92 Å². The van der Waals surface area contributed by atoms with Gasteiger partial charge in [-0.25, -0.2) is 0 Å². The van der Waals surface area contributed by atoms with Crippen molar-refractivity contribution in [3.05, 3.63) is 69.3 Å². The van der Waals surface area contributed by atoms with Crippen LogP contribution >= 0.6 is 0 Å². The third kappa shape index (κ3) is 3.00. The number of hydrogen-bond donors (Lipinski definition) is 0.